The van der Waals surface area contributed by atoms with Gasteiger partial charge in [-0.3, -0.25) is 0 Å². The van der Waals surface area contributed by atoms with Crippen molar-refractivity contribution in [1.29, 1.82) is 0 Å². The van der Waals surface area contributed by atoms with E-state index in [-0.39, 0.29) is 7.43 Å². The van der Waals surface area contributed by atoms with E-state index in [1.807, 2.05) is 12.1 Å². The van der Waals surface area contributed by atoms with Crippen molar-refractivity contribution in [3.05, 3.63) is 42.0 Å². The lowest BCUT2D eigenvalue weighted by molar-refractivity contribution is 0.156. The molecule has 0 aromatic heterocycles. The van der Waals surface area contributed by atoms with E-state index in [0.29, 0.717) is 11.7 Å². The van der Waals surface area contributed by atoms with Gasteiger partial charge in [0, 0.05) is 0 Å². The smallest absolute Gasteiger partial charge is 0.119 e. The lowest BCUT2D eigenvalue weighted by Crippen LogP contribution is -2.25. The van der Waals surface area contributed by atoms with E-state index < -0.39 is 0 Å². The molecule has 1 aromatic carbocycles. The van der Waals surface area contributed by atoms with Crippen LogP contribution in [0.15, 0.2) is 30.9 Å². The lowest BCUT2D eigenvalue weighted by Gasteiger charge is -2.38. The van der Waals surface area contributed by atoms with Gasteiger partial charge in [-0.1, -0.05) is 58.2 Å². The molecule has 0 saturated heterocycles. The molecule has 2 aliphatic carbocycles. The maximum atomic E-state index is 9.99. The van der Waals surface area contributed by atoms with Crippen molar-refractivity contribution in [2.75, 3.05) is 0 Å². The van der Waals surface area contributed by atoms with Crippen LogP contribution in [0, 0.1) is 17.8 Å². The van der Waals surface area contributed by atoms with Crippen molar-refractivity contribution < 1.29 is 5.11 Å². The van der Waals surface area contributed by atoms with Gasteiger partial charge in [-0.2, -0.15) is 0 Å². The Morgan fingerprint density at radius 3 is 2.19 bits per heavy atom. The molecule has 1 nitrogen and oxygen atoms in total. The van der Waals surface area contributed by atoms with Gasteiger partial charge in [0.05, 0.1) is 0 Å². The highest BCUT2D eigenvalue weighted by atomic mass is 16.3. The normalized spacial score (nSPS) is 29.0. The van der Waals surface area contributed by atoms with Crippen molar-refractivity contribution >= 4 is 0 Å². The summed E-state index contributed by atoms with van der Waals surface area (Å²) in [5.41, 5.74) is 2.46. The van der Waals surface area contributed by atoms with Crippen LogP contribution in [0.25, 0.3) is 0 Å². The molecule has 0 atom stereocenters. The summed E-state index contributed by atoms with van der Waals surface area (Å²) in [6, 6.07) is 6.25. The van der Waals surface area contributed by atoms with E-state index >= 15 is 0 Å². The van der Waals surface area contributed by atoms with Crippen LogP contribution < -0.4 is 0 Å². The highest BCUT2D eigenvalue weighted by Crippen LogP contribution is 2.44. The van der Waals surface area contributed by atoms with Crippen LogP contribution >= 0.6 is 0 Å². The van der Waals surface area contributed by atoms with Gasteiger partial charge in [-0.15, -0.1) is 6.58 Å². The number of benzene rings is 1. The zero-order chi connectivity index (χ0) is 17.6. The van der Waals surface area contributed by atoms with Gasteiger partial charge < -0.3 is 5.11 Å². The number of rotatable bonds is 6. The van der Waals surface area contributed by atoms with Gasteiger partial charge in [0.1, 0.15) is 5.75 Å². The molecule has 0 heterocycles. The first kappa shape index (κ1) is 21.1. The van der Waals surface area contributed by atoms with Crippen molar-refractivity contribution in [3.8, 4) is 5.75 Å². The molecule has 0 spiro atoms. The third-order valence-electron chi connectivity index (χ3n) is 6.97. The molecule has 1 aromatic rings. The van der Waals surface area contributed by atoms with Crippen LogP contribution in [0.4, 0.5) is 0 Å². The number of phenols is 1. The maximum Gasteiger partial charge on any atom is 0.119 e. The number of hydrogen-bond donors (Lipinski definition) is 1. The topological polar surface area (TPSA) is 20.2 Å². The molecular formula is C25H40O. The van der Waals surface area contributed by atoms with Crippen molar-refractivity contribution in [2.24, 2.45) is 17.8 Å². The summed E-state index contributed by atoms with van der Waals surface area (Å²) in [6.45, 7) is 6.14. The van der Waals surface area contributed by atoms with E-state index in [0.717, 1.165) is 29.7 Å². The Hall–Kier alpha value is -1.24. The molecule has 1 heteroatoms. The summed E-state index contributed by atoms with van der Waals surface area (Å²) < 4.78 is 0. The predicted octanol–water partition coefficient (Wildman–Crippen LogP) is 7.64. The fourth-order valence-electron chi connectivity index (χ4n) is 5.46. The Bertz CT molecular complexity index is 545. The number of aromatic hydroxyl groups is 1. The third-order valence-corrected chi connectivity index (χ3v) is 6.97. The van der Waals surface area contributed by atoms with Crippen LogP contribution in [0.2, 0.25) is 0 Å². The summed E-state index contributed by atoms with van der Waals surface area (Å²) >= 11 is 0. The number of phenolic OH excluding ortho intramolecular Hbond substituents is 1. The zero-order valence-electron chi connectivity index (χ0n) is 16.1. The first-order valence-corrected chi connectivity index (χ1v) is 10.6. The molecule has 0 radical (unpaired) electrons. The average Bonchev–Trinajstić information content (AvgIpc) is 2.65. The molecule has 0 aliphatic heterocycles. The molecule has 2 fully saturated rings. The molecule has 0 unspecified atom stereocenters. The molecule has 26 heavy (non-hydrogen) atoms. The molecule has 1 N–H and O–H groups in total. The fraction of sp³-hybridized carbons (Fsp3) is 0.680. The molecule has 146 valence electrons. The highest BCUT2D eigenvalue weighted by molar-refractivity contribution is 5.38. The van der Waals surface area contributed by atoms with Crippen molar-refractivity contribution in [2.45, 2.75) is 90.9 Å². The maximum absolute atomic E-state index is 9.99. The molecular weight excluding hydrogens is 316 g/mol. The SMILES string of the molecule is C.C=CCc1cc(C2CCC(C3CCC(CCC)CC3)CC2)ccc1O. The van der Waals surface area contributed by atoms with E-state index in [9.17, 15) is 5.11 Å². The first-order chi connectivity index (χ1) is 12.2. The monoisotopic (exact) mass is 356 g/mol. The average molecular weight is 357 g/mol. The van der Waals surface area contributed by atoms with Crippen LogP contribution in [0.3, 0.4) is 0 Å². The van der Waals surface area contributed by atoms with Crippen LogP contribution in [-0.2, 0) is 6.42 Å². The molecule has 0 bridgehead atoms. The largest absolute Gasteiger partial charge is 0.508 e. The minimum Gasteiger partial charge on any atom is -0.508 e. The van der Waals surface area contributed by atoms with E-state index in [1.165, 1.54) is 69.8 Å². The highest BCUT2D eigenvalue weighted by Gasteiger charge is 2.31. The Morgan fingerprint density at radius 2 is 1.62 bits per heavy atom. The van der Waals surface area contributed by atoms with Crippen LogP contribution in [-0.4, -0.2) is 5.11 Å². The summed E-state index contributed by atoms with van der Waals surface area (Å²) in [5, 5.41) is 9.99. The van der Waals surface area contributed by atoms with E-state index in [1.54, 1.807) is 0 Å². The Kier molecular flexibility index (Phi) is 8.25. The van der Waals surface area contributed by atoms with Gasteiger partial charge in [0.25, 0.3) is 0 Å². The van der Waals surface area contributed by atoms with Gasteiger partial charge in [-0.05, 0) is 85.8 Å². The quantitative estimate of drug-likeness (QED) is 0.519. The van der Waals surface area contributed by atoms with Crippen LogP contribution in [0.5, 0.6) is 5.75 Å². The predicted molar refractivity (Wildman–Crippen MR) is 114 cm³/mol. The second-order valence-corrected chi connectivity index (χ2v) is 8.56. The Morgan fingerprint density at radius 1 is 1.00 bits per heavy atom. The fourth-order valence-corrected chi connectivity index (χ4v) is 5.46. The van der Waals surface area contributed by atoms with Gasteiger partial charge in [0.2, 0.25) is 0 Å². The van der Waals surface area contributed by atoms with Crippen molar-refractivity contribution in [3.63, 3.8) is 0 Å². The van der Waals surface area contributed by atoms with E-state index in [4.69, 9.17) is 0 Å². The summed E-state index contributed by atoms with van der Waals surface area (Å²) in [4.78, 5) is 0. The second-order valence-electron chi connectivity index (χ2n) is 8.56. The zero-order valence-corrected chi connectivity index (χ0v) is 16.1. The molecule has 0 amide bonds. The Labute approximate surface area is 161 Å². The molecule has 2 aliphatic rings. The minimum absolute atomic E-state index is 0. The van der Waals surface area contributed by atoms with E-state index in [2.05, 4.69) is 25.6 Å². The number of hydrogen-bond acceptors (Lipinski definition) is 1. The molecule has 3 rings (SSSR count). The third kappa shape index (κ3) is 5.15. The summed E-state index contributed by atoms with van der Waals surface area (Å²) in [7, 11) is 0. The Balaban J connectivity index is 0.00000243. The van der Waals surface area contributed by atoms with Gasteiger partial charge >= 0.3 is 0 Å². The van der Waals surface area contributed by atoms with Crippen molar-refractivity contribution in [1.82, 2.24) is 0 Å². The summed E-state index contributed by atoms with van der Waals surface area (Å²) in [6.07, 6.45) is 16.9. The van der Waals surface area contributed by atoms with Gasteiger partial charge in [-0.25, -0.2) is 0 Å². The lowest BCUT2D eigenvalue weighted by atomic mass is 9.68. The second kappa shape index (κ2) is 10.2. The first-order valence-electron chi connectivity index (χ1n) is 10.6. The minimum atomic E-state index is 0. The number of allylic oxidation sites excluding steroid dienone is 1. The summed E-state index contributed by atoms with van der Waals surface area (Å²) in [5.74, 6) is 4.12. The standard InChI is InChI=1S/C24H36O.CH4/c1-3-5-18-7-9-19(10-8-18)20-11-13-21(14-12-20)22-15-16-24(25)23(17-22)6-4-2;/h4,15-21,25H,2-3,5-14H2,1H3;1H4. The van der Waals surface area contributed by atoms with Gasteiger partial charge in [0.15, 0.2) is 0 Å². The van der Waals surface area contributed by atoms with Crippen LogP contribution in [0.1, 0.15) is 95.6 Å². The molecule has 2 saturated carbocycles.